The predicted molar refractivity (Wildman–Crippen MR) is 88.8 cm³/mol. The third kappa shape index (κ3) is 2.57. The first-order valence-electron chi connectivity index (χ1n) is 7.98. The van der Waals surface area contributed by atoms with E-state index >= 15 is 0 Å². The van der Waals surface area contributed by atoms with Crippen molar-refractivity contribution in [2.45, 2.75) is 38.4 Å². The van der Waals surface area contributed by atoms with Crippen LogP contribution in [0.15, 0.2) is 36.7 Å². The van der Waals surface area contributed by atoms with Crippen LogP contribution in [0.25, 0.3) is 5.69 Å². The largest absolute Gasteiger partial charge is 0.328 e. The summed E-state index contributed by atoms with van der Waals surface area (Å²) < 4.78 is 1.69. The summed E-state index contributed by atoms with van der Waals surface area (Å²) in [5.74, 6) is -0.137. The van der Waals surface area contributed by atoms with Crippen LogP contribution in [0.5, 0.6) is 0 Å². The molecule has 1 saturated carbocycles. The van der Waals surface area contributed by atoms with Crippen LogP contribution in [0.3, 0.4) is 0 Å². The first-order valence-corrected chi connectivity index (χ1v) is 8.35. The van der Waals surface area contributed by atoms with Gasteiger partial charge < -0.3 is 4.90 Å². The Hall–Kier alpha value is -2.34. The van der Waals surface area contributed by atoms with Crippen molar-refractivity contribution in [2.75, 3.05) is 0 Å². The molecule has 7 heteroatoms. The lowest BCUT2D eigenvalue weighted by Gasteiger charge is -2.18. The van der Waals surface area contributed by atoms with Crippen LogP contribution in [0, 0.1) is 0 Å². The molecule has 3 amide bonds. The number of imide groups is 1. The smallest absolute Gasteiger partial charge is 0.310 e. The zero-order chi connectivity index (χ0) is 16.8. The number of urea groups is 1. The molecule has 1 saturated heterocycles. The van der Waals surface area contributed by atoms with E-state index in [1.54, 1.807) is 34.8 Å². The highest BCUT2D eigenvalue weighted by Gasteiger charge is 2.48. The van der Waals surface area contributed by atoms with Crippen LogP contribution < -0.4 is 0 Å². The van der Waals surface area contributed by atoms with Gasteiger partial charge in [-0.25, -0.2) is 9.48 Å². The summed E-state index contributed by atoms with van der Waals surface area (Å²) in [6.07, 6.45) is 5.47. The molecule has 124 valence electrons. The van der Waals surface area contributed by atoms with Gasteiger partial charge in [-0.15, -0.1) is 0 Å². The number of carbonyl (C=O) groups is 2. The summed E-state index contributed by atoms with van der Waals surface area (Å²) in [4.78, 5) is 28.0. The Morgan fingerprint density at radius 2 is 2.08 bits per heavy atom. The summed E-state index contributed by atoms with van der Waals surface area (Å²) in [6.45, 7) is 2.04. The first-order chi connectivity index (χ1) is 11.5. The van der Waals surface area contributed by atoms with Gasteiger partial charge >= 0.3 is 6.03 Å². The molecule has 0 N–H and O–H groups in total. The third-order valence-electron chi connectivity index (χ3n) is 4.48. The maximum Gasteiger partial charge on any atom is 0.328 e. The minimum Gasteiger partial charge on any atom is -0.310 e. The summed E-state index contributed by atoms with van der Waals surface area (Å²) in [5.41, 5.74) is 1.64. The molecule has 1 unspecified atom stereocenters. The Kier molecular flexibility index (Phi) is 3.57. The minimum absolute atomic E-state index is 0.137. The molecular formula is C17H17ClN4O2. The van der Waals surface area contributed by atoms with Gasteiger partial charge in [-0.05, 0) is 38.0 Å². The van der Waals surface area contributed by atoms with Gasteiger partial charge in [0.25, 0.3) is 5.91 Å². The number of nitrogens with zero attached hydrogens (tertiary/aromatic N) is 4. The second-order valence-electron chi connectivity index (χ2n) is 6.29. The molecule has 2 aliphatic rings. The number of hydrogen-bond donors (Lipinski definition) is 0. The molecule has 2 fully saturated rings. The number of aromatic nitrogens is 2. The normalized spacial score (nSPS) is 21.0. The zero-order valence-electron chi connectivity index (χ0n) is 13.2. The van der Waals surface area contributed by atoms with E-state index < -0.39 is 0 Å². The molecule has 2 aromatic rings. The Morgan fingerprint density at radius 1 is 1.29 bits per heavy atom. The maximum absolute atomic E-state index is 12.5. The van der Waals surface area contributed by atoms with Crippen molar-refractivity contribution in [3.8, 4) is 5.69 Å². The molecule has 0 spiro atoms. The van der Waals surface area contributed by atoms with Crippen LogP contribution in [-0.2, 0) is 11.3 Å². The first kappa shape index (κ1) is 15.2. The van der Waals surface area contributed by atoms with Crippen molar-refractivity contribution >= 4 is 23.5 Å². The number of rotatable bonds is 4. The Balaban J connectivity index is 1.54. The average Bonchev–Trinajstić information content (AvgIpc) is 3.24. The number of benzene rings is 1. The molecule has 0 bridgehead atoms. The highest BCUT2D eigenvalue weighted by Crippen LogP contribution is 2.34. The van der Waals surface area contributed by atoms with Gasteiger partial charge in [0.1, 0.15) is 6.04 Å². The molecule has 6 nitrogen and oxygen atoms in total. The fourth-order valence-corrected chi connectivity index (χ4v) is 3.28. The van der Waals surface area contributed by atoms with Crippen molar-refractivity contribution in [3.05, 3.63) is 47.2 Å². The summed E-state index contributed by atoms with van der Waals surface area (Å²) >= 11 is 6.00. The van der Waals surface area contributed by atoms with Crippen LogP contribution in [-0.4, -0.2) is 43.6 Å². The van der Waals surface area contributed by atoms with Gasteiger partial charge in [0, 0.05) is 22.8 Å². The summed E-state index contributed by atoms with van der Waals surface area (Å²) in [6, 6.07) is 7.02. The van der Waals surface area contributed by atoms with E-state index in [-0.39, 0.29) is 30.6 Å². The molecule has 1 aliphatic heterocycles. The predicted octanol–water partition coefficient (Wildman–Crippen LogP) is 2.84. The van der Waals surface area contributed by atoms with E-state index in [0.29, 0.717) is 5.02 Å². The fourth-order valence-electron chi connectivity index (χ4n) is 3.10. The van der Waals surface area contributed by atoms with Crippen molar-refractivity contribution in [3.63, 3.8) is 0 Å². The van der Waals surface area contributed by atoms with Crippen molar-refractivity contribution in [1.29, 1.82) is 0 Å². The Morgan fingerprint density at radius 3 is 2.79 bits per heavy atom. The average molecular weight is 345 g/mol. The topological polar surface area (TPSA) is 58.4 Å². The van der Waals surface area contributed by atoms with E-state index in [1.165, 1.54) is 4.90 Å². The standard InChI is InChI=1S/C17H17ClN4O2/c1-11-16(23)20(17(24)22(11)14-5-6-14)9-12-8-19-21(10-12)15-4-2-3-13(18)7-15/h2-4,7-8,10-11,14H,5-6,9H2,1H3. The fraction of sp³-hybridized carbons (Fsp3) is 0.353. The van der Waals surface area contributed by atoms with Gasteiger partial charge in [-0.1, -0.05) is 17.7 Å². The van der Waals surface area contributed by atoms with Crippen LogP contribution in [0.4, 0.5) is 4.79 Å². The van der Waals surface area contributed by atoms with Gasteiger partial charge in [-0.2, -0.15) is 5.10 Å². The maximum atomic E-state index is 12.5. The molecule has 1 aromatic heterocycles. The lowest BCUT2D eigenvalue weighted by molar-refractivity contribution is -0.128. The van der Waals surface area contributed by atoms with Gasteiger partial charge in [-0.3, -0.25) is 9.69 Å². The van der Waals surface area contributed by atoms with Crippen LogP contribution in [0.1, 0.15) is 25.3 Å². The second-order valence-corrected chi connectivity index (χ2v) is 6.73. The molecule has 1 atom stereocenters. The van der Waals surface area contributed by atoms with Crippen LogP contribution in [0.2, 0.25) is 5.02 Å². The van der Waals surface area contributed by atoms with E-state index in [4.69, 9.17) is 11.6 Å². The molecule has 1 aromatic carbocycles. The third-order valence-corrected chi connectivity index (χ3v) is 4.72. The van der Waals surface area contributed by atoms with E-state index in [2.05, 4.69) is 5.10 Å². The lowest BCUT2D eigenvalue weighted by Crippen LogP contribution is -2.35. The number of amides is 3. The summed E-state index contributed by atoms with van der Waals surface area (Å²) in [5, 5.41) is 4.93. The van der Waals surface area contributed by atoms with E-state index in [1.807, 2.05) is 18.3 Å². The van der Waals surface area contributed by atoms with E-state index in [9.17, 15) is 9.59 Å². The van der Waals surface area contributed by atoms with Crippen molar-refractivity contribution in [2.24, 2.45) is 0 Å². The van der Waals surface area contributed by atoms with Gasteiger partial charge in [0.2, 0.25) is 0 Å². The van der Waals surface area contributed by atoms with Crippen molar-refractivity contribution in [1.82, 2.24) is 19.6 Å². The lowest BCUT2D eigenvalue weighted by atomic mass is 10.3. The summed E-state index contributed by atoms with van der Waals surface area (Å²) in [7, 11) is 0. The Labute approximate surface area is 144 Å². The Bertz CT molecular complexity index is 814. The van der Waals surface area contributed by atoms with Gasteiger partial charge in [0.15, 0.2) is 0 Å². The minimum atomic E-state index is -0.368. The van der Waals surface area contributed by atoms with E-state index in [0.717, 1.165) is 24.1 Å². The number of hydrogen-bond acceptors (Lipinski definition) is 3. The highest BCUT2D eigenvalue weighted by molar-refractivity contribution is 6.30. The zero-order valence-corrected chi connectivity index (χ0v) is 14.0. The molecule has 2 heterocycles. The molecular weight excluding hydrogens is 328 g/mol. The number of halogens is 1. The quantitative estimate of drug-likeness (QED) is 0.801. The monoisotopic (exact) mass is 344 g/mol. The highest BCUT2D eigenvalue weighted by atomic mass is 35.5. The molecule has 0 radical (unpaired) electrons. The second kappa shape index (κ2) is 5.63. The molecule has 1 aliphatic carbocycles. The van der Waals surface area contributed by atoms with Gasteiger partial charge in [0.05, 0.1) is 18.4 Å². The van der Waals surface area contributed by atoms with Crippen LogP contribution >= 0.6 is 11.6 Å². The molecule has 4 rings (SSSR count). The van der Waals surface area contributed by atoms with Crippen molar-refractivity contribution < 1.29 is 9.59 Å². The molecule has 24 heavy (non-hydrogen) atoms. The number of carbonyl (C=O) groups excluding carboxylic acids is 2. The SMILES string of the molecule is CC1C(=O)N(Cc2cnn(-c3cccc(Cl)c3)c2)C(=O)N1C1CC1.